The van der Waals surface area contributed by atoms with E-state index in [9.17, 15) is 9.90 Å². The van der Waals surface area contributed by atoms with Crippen LogP contribution >= 0.6 is 0 Å². The molecule has 0 aromatic heterocycles. The lowest BCUT2D eigenvalue weighted by molar-refractivity contribution is 0.0695. The van der Waals surface area contributed by atoms with Crippen LogP contribution in [0.2, 0.25) is 0 Å². The molecule has 1 spiro atoms. The molecule has 0 unspecified atom stereocenters. The van der Waals surface area contributed by atoms with Gasteiger partial charge in [0.1, 0.15) is 5.75 Å². The van der Waals surface area contributed by atoms with Crippen LogP contribution in [0.15, 0.2) is 18.2 Å². The fraction of sp³-hybridized carbons (Fsp3) is 0.562. The van der Waals surface area contributed by atoms with E-state index in [1.165, 1.54) is 32.1 Å². The molecule has 1 aromatic rings. The van der Waals surface area contributed by atoms with Crippen LogP contribution in [0.3, 0.4) is 0 Å². The van der Waals surface area contributed by atoms with Crippen LogP contribution in [0.5, 0.6) is 5.75 Å². The standard InChI is InChI=1S/C16H21NO3/c1-20-12-5-6-13(15(18)19)14(9-12)17-10-16(11-17)7-3-2-4-8-16/h5-6,9H,2-4,7-8,10-11H2,1H3,(H,18,19). The molecule has 0 amide bonds. The molecule has 0 bridgehead atoms. The van der Waals surface area contributed by atoms with Gasteiger partial charge in [0.2, 0.25) is 0 Å². The minimum Gasteiger partial charge on any atom is -0.497 e. The molecule has 1 aliphatic heterocycles. The molecule has 4 nitrogen and oxygen atoms in total. The smallest absolute Gasteiger partial charge is 0.337 e. The maximum Gasteiger partial charge on any atom is 0.337 e. The average molecular weight is 275 g/mol. The van der Waals surface area contributed by atoms with Crippen LogP contribution in [0.4, 0.5) is 5.69 Å². The van der Waals surface area contributed by atoms with Crippen molar-refractivity contribution in [3.8, 4) is 5.75 Å². The number of aromatic carboxylic acids is 1. The lowest BCUT2D eigenvalue weighted by Gasteiger charge is -2.54. The van der Waals surface area contributed by atoms with Crippen LogP contribution in [0.1, 0.15) is 42.5 Å². The third-order valence-electron chi connectivity index (χ3n) is 4.74. The first-order valence-electron chi connectivity index (χ1n) is 7.30. The van der Waals surface area contributed by atoms with Crippen molar-refractivity contribution in [2.45, 2.75) is 32.1 Å². The Bertz CT molecular complexity index is 512. The molecule has 1 heterocycles. The summed E-state index contributed by atoms with van der Waals surface area (Å²) >= 11 is 0. The molecule has 1 aliphatic carbocycles. The summed E-state index contributed by atoms with van der Waals surface area (Å²) in [5.41, 5.74) is 1.61. The average Bonchev–Trinajstić information content (AvgIpc) is 2.44. The highest BCUT2D eigenvalue weighted by Crippen LogP contribution is 2.46. The van der Waals surface area contributed by atoms with E-state index in [4.69, 9.17) is 4.74 Å². The number of hydrogen-bond acceptors (Lipinski definition) is 3. The summed E-state index contributed by atoms with van der Waals surface area (Å²) in [6.07, 6.45) is 6.56. The van der Waals surface area contributed by atoms with Crippen LogP contribution in [-0.2, 0) is 0 Å². The van der Waals surface area contributed by atoms with Gasteiger partial charge in [0.15, 0.2) is 0 Å². The first-order valence-corrected chi connectivity index (χ1v) is 7.30. The Morgan fingerprint density at radius 1 is 1.25 bits per heavy atom. The number of rotatable bonds is 3. The molecule has 1 saturated carbocycles. The van der Waals surface area contributed by atoms with Gasteiger partial charge in [0.25, 0.3) is 0 Å². The predicted molar refractivity (Wildman–Crippen MR) is 77.7 cm³/mol. The summed E-state index contributed by atoms with van der Waals surface area (Å²) in [6, 6.07) is 5.20. The molecule has 2 fully saturated rings. The second kappa shape index (κ2) is 5.00. The second-order valence-electron chi connectivity index (χ2n) is 6.10. The minimum absolute atomic E-state index is 0.372. The Hall–Kier alpha value is -1.71. The molecular weight excluding hydrogens is 254 g/mol. The quantitative estimate of drug-likeness (QED) is 0.920. The SMILES string of the molecule is COc1ccc(C(=O)O)c(N2CC3(CCCCC3)C2)c1. The van der Waals surface area contributed by atoms with Crippen molar-refractivity contribution in [1.29, 1.82) is 0 Å². The number of methoxy groups -OCH3 is 1. The van der Waals surface area contributed by atoms with E-state index in [1.54, 1.807) is 19.2 Å². The van der Waals surface area contributed by atoms with Crippen LogP contribution in [0.25, 0.3) is 0 Å². The van der Waals surface area contributed by atoms with Crippen molar-refractivity contribution >= 4 is 11.7 Å². The molecule has 108 valence electrons. The maximum absolute atomic E-state index is 11.4. The van der Waals surface area contributed by atoms with E-state index < -0.39 is 5.97 Å². The Morgan fingerprint density at radius 3 is 2.55 bits per heavy atom. The topological polar surface area (TPSA) is 49.8 Å². The zero-order valence-corrected chi connectivity index (χ0v) is 11.9. The summed E-state index contributed by atoms with van der Waals surface area (Å²) in [6.45, 7) is 1.97. The van der Waals surface area contributed by atoms with E-state index in [2.05, 4.69) is 4.90 Å². The molecule has 2 aliphatic rings. The Morgan fingerprint density at radius 2 is 1.95 bits per heavy atom. The fourth-order valence-corrected chi connectivity index (χ4v) is 3.63. The van der Waals surface area contributed by atoms with Gasteiger partial charge < -0.3 is 14.7 Å². The van der Waals surface area contributed by atoms with E-state index >= 15 is 0 Å². The highest BCUT2D eigenvalue weighted by molar-refractivity contribution is 5.95. The summed E-state index contributed by atoms with van der Waals surface area (Å²) in [4.78, 5) is 13.6. The first kappa shape index (κ1) is 13.3. The number of nitrogens with zero attached hydrogens (tertiary/aromatic N) is 1. The molecule has 1 N–H and O–H groups in total. The van der Waals surface area contributed by atoms with Gasteiger partial charge in [-0.15, -0.1) is 0 Å². The lowest BCUT2D eigenvalue weighted by atomic mass is 9.68. The highest BCUT2D eigenvalue weighted by Gasteiger charge is 2.44. The van der Waals surface area contributed by atoms with Crippen molar-refractivity contribution in [2.24, 2.45) is 5.41 Å². The van der Waals surface area contributed by atoms with Crippen molar-refractivity contribution in [1.82, 2.24) is 0 Å². The third-order valence-corrected chi connectivity index (χ3v) is 4.74. The van der Waals surface area contributed by atoms with Gasteiger partial charge in [-0.05, 0) is 25.0 Å². The number of carboxylic acid groups (broad SMARTS) is 1. The number of ether oxygens (including phenoxy) is 1. The Labute approximate surface area is 119 Å². The highest BCUT2D eigenvalue weighted by atomic mass is 16.5. The monoisotopic (exact) mass is 275 g/mol. The van der Waals surface area contributed by atoms with Crippen molar-refractivity contribution in [3.63, 3.8) is 0 Å². The number of carboxylic acids is 1. The van der Waals surface area contributed by atoms with Gasteiger partial charge in [-0.25, -0.2) is 4.79 Å². The Kier molecular flexibility index (Phi) is 3.32. The molecule has 0 atom stereocenters. The zero-order chi connectivity index (χ0) is 14.2. The minimum atomic E-state index is -0.868. The van der Waals surface area contributed by atoms with E-state index in [1.807, 2.05) is 6.07 Å². The summed E-state index contributed by atoms with van der Waals surface area (Å²) < 4.78 is 5.23. The van der Waals surface area contributed by atoms with Gasteiger partial charge in [-0.2, -0.15) is 0 Å². The van der Waals surface area contributed by atoms with Crippen molar-refractivity contribution in [2.75, 3.05) is 25.1 Å². The van der Waals surface area contributed by atoms with Gasteiger partial charge >= 0.3 is 5.97 Å². The molecule has 1 aromatic carbocycles. The molecular formula is C16H21NO3. The largest absolute Gasteiger partial charge is 0.497 e. The van der Waals surface area contributed by atoms with Crippen molar-refractivity contribution < 1.29 is 14.6 Å². The summed E-state index contributed by atoms with van der Waals surface area (Å²) in [5.74, 6) is -0.151. The van der Waals surface area contributed by atoms with Gasteiger partial charge in [0.05, 0.1) is 18.4 Å². The normalized spacial score (nSPS) is 20.6. The van der Waals surface area contributed by atoms with E-state index in [-0.39, 0.29) is 0 Å². The third kappa shape index (κ3) is 2.23. The maximum atomic E-state index is 11.4. The lowest BCUT2D eigenvalue weighted by Crippen LogP contribution is -2.57. The molecule has 1 saturated heterocycles. The van der Waals surface area contributed by atoms with Gasteiger partial charge in [0, 0.05) is 24.6 Å². The van der Waals surface area contributed by atoms with Crippen LogP contribution in [0, 0.1) is 5.41 Å². The molecule has 0 radical (unpaired) electrons. The molecule has 20 heavy (non-hydrogen) atoms. The number of carbonyl (C=O) groups is 1. The number of hydrogen-bond donors (Lipinski definition) is 1. The summed E-state index contributed by atoms with van der Waals surface area (Å²) in [7, 11) is 1.61. The van der Waals surface area contributed by atoms with E-state index in [0.29, 0.717) is 11.0 Å². The molecule has 3 rings (SSSR count). The predicted octanol–water partition coefficient (Wildman–Crippen LogP) is 3.16. The number of benzene rings is 1. The second-order valence-corrected chi connectivity index (χ2v) is 6.10. The fourth-order valence-electron chi connectivity index (χ4n) is 3.63. The zero-order valence-electron chi connectivity index (χ0n) is 11.9. The van der Waals surface area contributed by atoms with Crippen molar-refractivity contribution in [3.05, 3.63) is 23.8 Å². The number of anilines is 1. The molecule has 4 heteroatoms. The Balaban J connectivity index is 1.82. The first-order chi connectivity index (χ1) is 9.63. The van der Waals surface area contributed by atoms with Gasteiger partial charge in [-0.3, -0.25) is 0 Å². The summed E-state index contributed by atoms with van der Waals surface area (Å²) in [5, 5.41) is 9.33. The van der Waals surface area contributed by atoms with Gasteiger partial charge in [-0.1, -0.05) is 19.3 Å². The van der Waals surface area contributed by atoms with E-state index in [0.717, 1.165) is 24.5 Å². The van der Waals surface area contributed by atoms with Crippen LogP contribution < -0.4 is 9.64 Å². The van der Waals surface area contributed by atoms with Crippen LogP contribution in [-0.4, -0.2) is 31.3 Å².